The second-order valence-corrected chi connectivity index (χ2v) is 11.7. The number of benzene rings is 1. The molecule has 2 aliphatic rings. The van der Waals surface area contributed by atoms with Crippen LogP contribution in [0, 0.1) is 5.41 Å². The number of furan rings is 1. The average molecular weight is 523 g/mol. The van der Waals surface area contributed by atoms with Gasteiger partial charge in [0.05, 0.1) is 12.0 Å². The Kier molecular flexibility index (Phi) is 6.12. The number of nitrogens with zero attached hydrogens (tertiary/aromatic N) is 3. The second-order valence-electron chi connectivity index (χ2n) is 11.7. The fourth-order valence-electron chi connectivity index (χ4n) is 4.58. The quantitative estimate of drug-likeness (QED) is 0.432. The minimum atomic E-state index is -0.932. The third kappa shape index (κ3) is 5.32. The highest BCUT2D eigenvalue weighted by molar-refractivity contribution is 6.00. The van der Waals surface area contributed by atoms with Crippen molar-refractivity contribution < 1.29 is 23.5 Å². The van der Waals surface area contributed by atoms with Gasteiger partial charge in [-0.1, -0.05) is 6.92 Å². The molecule has 2 aliphatic heterocycles. The molecule has 1 saturated heterocycles. The molecule has 0 saturated carbocycles. The standard InChI is InChI=1S/C27H34N6O5/c1-25(2,3)38-24(35)28-14-27(6)10-11-33(15-27)21-20-17(9-12-36-20)31-23(32-21)29-16-7-8-19-18(13-16)30-22(34)26(4,5)37-19/h7-9,12-13H,10-11,14-15H2,1-6H3,(H,28,35)(H,30,34)(H,29,31,32). The third-order valence-corrected chi connectivity index (χ3v) is 6.60. The molecule has 4 heterocycles. The van der Waals surface area contributed by atoms with Crippen LogP contribution < -0.4 is 25.6 Å². The summed E-state index contributed by atoms with van der Waals surface area (Å²) in [6.07, 6.45) is 2.03. The molecule has 0 radical (unpaired) electrons. The zero-order valence-electron chi connectivity index (χ0n) is 22.6. The van der Waals surface area contributed by atoms with Crippen molar-refractivity contribution in [1.29, 1.82) is 0 Å². The van der Waals surface area contributed by atoms with Crippen LogP contribution in [-0.4, -0.2) is 52.8 Å². The van der Waals surface area contributed by atoms with E-state index in [1.54, 1.807) is 38.3 Å². The largest absolute Gasteiger partial charge is 0.476 e. The summed E-state index contributed by atoms with van der Waals surface area (Å²) in [6, 6.07) is 7.25. The predicted molar refractivity (Wildman–Crippen MR) is 144 cm³/mol. The molecule has 1 unspecified atom stereocenters. The Balaban J connectivity index is 1.33. The Hall–Kier alpha value is -4.02. The van der Waals surface area contributed by atoms with E-state index in [1.807, 2.05) is 26.8 Å². The minimum Gasteiger partial charge on any atom is -0.476 e. The molecule has 2 aromatic heterocycles. The van der Waals surface area contributed by atoms with Crippen LogP contribution >= 0.6 is 0 Å². The molecule has 1 fully saturated rings. The predicted octanol–water partition coefficient (Wildman–Crippen LogP) is 4.82. The molecule has 3 N–H and O–H groups in total. The maximum absolute atomic E-state index is 12.3. The van der Waals surface area contributed by atoms with Crippen LogP contribution in [0.25, 0.3) is 11.1 Å². The molecule has 0 spiro atoms. The van der Waals surface area contributed by atoms with Crippen LogP contribution in [0.3, 0.4) is 0 Å². The lowest BCUT2D eigenvalue weighted by molar-refractivity contribution is -0.129. The Morgan fingerprint density at radius 2 is 2.00 bits per heavy atom. The molecule has 1 atom stereocenters. The normalized spacial score (nSPS) is 20.5. The van der Waals surface area contributed by atoms with Gasteiger partial charge in [0.25, 0.3) is 5.91 Å². The molecule has 1 aromatic carbocycles. The molecular formula is C27H34N6O5. The minimum absolute atomic E-state index is 0.168. The number of anilines is 4. The van der Waals surface area contributed by atoms with Crippen molar-refractivity contribution >= 4 is 46.2 Å². The lowest BCUT2D eigenvalue weighted by Gasteiger charge is -2.31. The summed E-state index contributed by atoms with van der Waals surface area (Å²) in [5.41, 5.74) is 0.917. The van der Waals surface area contributed by atoms with Crippen molar-refractivity contribution in [1.82, 2.24) is 15.3 Å². The maximum atomic E-state index is 12.3. The number of alkyl carbamates (subject to hydrolysis) is 1. The fourth-order valence-corrected chi connectivity index (χ4v) is 4.58. The number of aromatic nitrogens is 2. The van der Waals surface area contributed by atoms with E-state index in [-0.39, 0.29) is 11.3 Å². The Morgan fingerprint density at radius 3 is 2.76 bits per heavy atom. The lowest BCUT2D eigenvalue weighted by Crippen LogP contribution is -2.45. The molecule has 3 aromatic rings. The molecule has 11 heteroatoms. The number of carbonyl (C=O) groups is 2. The molecule has 0 bridgehead atoms. The van der Waals surface area contributed by atoms with Crippen molar-refractivity contribution in [2.45, 2.75) is 59.2 Å². The van der Waals surface area contributed by atoms with E-state index >= 15 is 0 Å². The van der Waals surface area contributed by atoms with Crippen LogP contribution in [0.1, 0.15) is 48.0 Å². The summed E-state index contributed by atoms with van der Waals surface area (Å²) in [5, 5.41) is 9.05. The number of amides is 2. The first-order valence-electron chi connectivity index (χ1n) is 12.7. The van der Waals surface area contributed by atoms with Crippen molar-refractivity contribution in [3.05, 3.63) is 30.5 Å². The van der Waals surface area contributed by atoms with Crippen LogP contribution in [-0.2, 0) is 9.53 Å². The Bertz CT molecular complexity index is 1390. The number of carbonyl (C=O) groups excluding carboxylic acids is 2. The van der Waals surface area contributed by atoms with Crippen molar-refractivity contribution in [3.63, 3.8) is 0 Å². The maximum Gasteiger partial charge on any atom is 0.407 e. The van der Waals surface area contributed by atoms with Gasteiger partial charge in [0.15, 0.2) is 17.0 Å². The smallest absolute Gasteiger partial charge is 0.407 e. The van der Waals surface area contributed by atoms with E-state index in [0.29, 0.717) is 53.1 Å². The number of fused-ring (bicyclic) bond motifs is 2. The zero-order chi connectivity index (χ0) is 27.3. The number of nitrogens with one attached hydrogen (secondary N) is 3. The molecule has 5 rings (SSSR count). The summed E-state index contributed by atoms with van der Waals surface area (Å²) >= 11 is 0. The van der Waals surface area contributed by atoms with Gasteiger partial charge in [-0.3, -0.25) is 4.79 Å². The summed E-state index contributed by atoms with van der Waals surface area (Å²) in [7, 11) is 0. The highest BCUT2D eigenvalue weighted by Gasteiger charge is 2.37. The molecular weight excluding hydrogens is 488 g/mol. The highest BCUT2D eigenvalue weighted by atomic mass is 16.6. The van der Waals surface area contributed by atoms with Gasteiger partial charge in [-0.05, 0) is 59.2 Å². The van der Waals surface area contributed by atoms with Gasteiger partial charge < -0.3 is 34.7 Å². The van der Waals surface area contributed by atoms with Gasteiger partial charge in [-0.2, -0.15) is 4.98 Å². The molecule has 0 aliphatic carbocycles. The first kappa shape index (κ1) is 25.6. The van der Waals surface area contributed by atoms with E-state index < -0.39 is 17.3 Å². The van der Waals surface area contributed by atoms with E-state index in [4.69, 9.17) is 18.9 Å². The van der Waals surface area contributed by atoms with Gasteiger partial charge >= 0.3 is 6.09 Å². The van der Waals surface area contributed by atoms with Crippen molar-refractivity contribution in [3.8, 4) is 5.75 Å². The van der Waals surface area contributed by atoms with Crippen LogP contribution in [0.4, 0.5) is 27.9 Å². The Labute approximate surface area is 221 Å². The van der Waals surface area contributed by atoms with Gasteiger partial charge in [-0.25, -0.2) is 9.78 Å². The molecule has 11 nitrogen and oxygen atoms in total. The van der Waals surface area contributed by atoms with Crippen molar-refractivity contribution in [2.24, 2.45) is 5.41 Å². The monoisotopic (exact) mass is 522 g/mol. The summed E-state index contributed by atoms with van der Waals surface area (Å²) in [6.45, 7) is 13.0. The van der Waals surface area contributed by atoms with E-state index in [9.17, 15) is 9.59 Å². The second kappa shape index (κ2) is 9.07. The summed E-state index contributed by atoms with van der Waals surface area (Å²) in [5.74, 6) is 1.47. The number of rotatable bonds is 5. The fraction of sp³-hybridized carbons (Fsp3) is 0.481. The number of ether oxygens (including phenoxy) is 2. The van der Waals surface area contributed by atoms with Gasteiger partial charge in [-0.15, -0.1) is 0 Å². The van der Waals surface area contributed by atoms with Gasteiger partial charge in [0, 0.05) is 36.8 Å². The highest BCUT2D eigenvalue weighted by Crippen LogP contribution is 2.38. The lowest BCUT2D eigenvalue weighted by atomic mass is 9.90. The van der Waals surface area contributed by atoms with Crippen LogP contribution in [0.5, 0.6) is 5.75 Å². The first-order valence-corrected chi connectivity index (χ1v) is 12.7. The molecule has 38 heavy (non-hydrogen) atoms. The average Bonchev–Trinajstić information content (AvgIpc) is 3.44. The topological polar surface area (TPSA) is 131 Å². The number of hydrogen-bond donors (Lipinski definition) is 3. The van der Waals surface area contributed by atoms with Crippen LogP contribution in [0.2, 0.25) is 0 Å². The first-order chi connectivity index (χ1) is 17.8. The van der Waals surface area contributed by atoms with Crippen LogP contribution in [0.15, 0.2) is 34.9 Å². The zero-order valence-corrected chi connectivity index (χ0v) is 22.6. The number of hydrogen-bond acceptors (Lipinski definition) is 9. The van der Waals surface area contributed by atoms with Crippen molar-refractivity contribution in [2.75, 3.05) is 35.2 Å². The third-order valence-electron chi connectivity index (χ3n) is 6.60. The van der Waals surface area contributed by atoms with Gasteiger partial charge in [0.2, 0.25) is 5.95 Å². The Morgan fingerprint density at radius 1 is 1.21 bits per heavy atom. The van der Waals surface area contributed by atoms with E-state index in [0.717, 1.165) is 13.0 Å². The summed E-state index contributed by atoms with van der Waals surface area (Å²) in [4.78, 5) is 36.1. The van der Waals surface area contributed by atoms with Gasteiger partial charge in [0.1, 0.15) is 16.9 Å². The molecule has 202 valence electrons. The van der Waals surface area contributed by atoms with E-state index in [2.05, 4.69) is 32.8 Å². The SMILES string of the molecule is CC1(CNC(=O)OC(C)(C)C)CCN(c2nc(Nc3ccc4c(c3)NC(=O)C(C)(C)O4)nc3ccoc23)C1. The van der Waals surface area contributed by atoms with E-state index in [1.165, 1.54) is 0 Å². The summed E-state index contributed by atoms with van der Waals surface area (Å²) < 4.78 is 17.0. The molecule has 2 amide bonds.